The zero-order valence-electron chi connectivity index (χ0n) is 6.81. The van der Waals surface area contributed by atoms with Gasteiger partial charge >= 0.3 is 0 Å². The Morgan fingerprint density at radius 2 is 2.23 bits per heavy atom. The quantitative estimate of drug-likeness (QED) is 0.735. The molecule has 1 aliphatic heterocycles. The predicted octanol–water partition coefficient (Wildman–Crippen LogP) is 1.68. The van der Waals surface area contributed by atoms with E-state index in [2.05, 4.69) is 0 Å². The maximum Gasteiger partial charge on any atom is 0.265 e. The van der Waals surface area contributed by atoms with Crippen LogP contribution in [0.1, 0.15) is 10.5 Å². The Bertz CT molecular complexity index is 404. The van der Waals surface area contributed by atoms with Crippen molar-refractivity contribution in [2.45, 2.75) is 5.03 Å². The highest BCUT2D eigenvalue weighted by molar-refractivity contribution is 8.02. The van der Waals surface area contributed by atoms with Gasteiger partial charge in [0.25, 0.3) is 5.91 Å². The predicted molar refractivity (Wildman–Crippen MR) is 53.3 cm³/mol. The average Bonchev–Trinajstić information content (AvgIpc) is 2.36. The van der Waals surface area contributed by atoms with Crippen molar-refractivity contribution < 1.29 is 4.79 Å². The molecule has 2 rings (SSSR count). The molecule has 1 aliphatic rings. The number of aromatic nitrogens is 1. The largest absolute Gasteiger partial charge is 0.364 e. The monoisotopic (exact) mass is 192 g/mol. The number of nitrogens with two attached hydrogens (primary N) is 1. The van der Waals surface area contributed by atoms with E-state index < -0.39 is 5.91 Å². The molecule has 0 saturated carbocycles. The van der Waals surface area contributed by atoms with Gasteiger partial charge in [-0.15, -0.1) is 0 Å². The van der Waals surface area contributed by atoms with Crippen LogP contribution < -0.4 is 5.73 Å². The molecule has 1 aromatic rings. The molecule has 0 unspecified atom stereocenters. The highest BCUT2D eigenvalue weighted by Crippen LogP contribution is 2.24. The van der Waals surface area contributed by atoms with Gasteiger partial charge in [0.15, 0.2) is 0 Å². The van der Waals surface area contributed by atoms with E-state index >= 15 is 0 Å². The van der Waals surface area contributed by atoms with Crippen LogP contribution >= 0.6 is 11.8 Å². The molecule has 1 aromatic heterocycles. The van der Waals surface area contributed by atoms with Crippen LogP contribution in [0, 0.1) is 0 Å². The lowest BCUT2D eigenvalue weighted by Crippen LogP contribution is -2.14. The summed E-state index contributed by atoms with van der Waals surface area (Å²) in [5.74, 6) is -0.404. The van der Waals surface area contributed by atoms with Crippen molar-refractivity contribution in [2.75, 3.05) is 0 Å². The minimum absolute atomic E-state index is 0.404. The van der Waals surface area contributed by atoms with E-state index in [9.17, 15) is 4.79 Å². The molecule has 3 nitrogen and oxygen atoms in total. The highest BCUT2D eigenvalue weighted by atomic mass is 32.2. The molecule has 0 spiro atoms. The van der Waals surface area contributed by atoms with Gasteiger partial charge in [0, 0.05) is 6.20 Å². The van der Waals surface area contributed by atoms with Crippen molar-refractivity contribution in [3.63, 3.8) is 0 Å². The van der Waals surface area contributed by atoms with E-state index in [1.807, 2.05) is 29.8 Å². The SMILES string of the molecule is NC(=O)c1ccc2n1C=CC=CS2. The van der Waals surface area contributed by atoms with E-state index in [4.69, 9.17) is 5.73 Å². The first kappa shape index (κ1) is 8.19. The van der Waals surface area contributed by atoms with Crippen LogP contribution in [0.3, 0.4) is 0 Å². The summed E-state index contributed by atoms with van der Waals surface area (Å²) in [6.07, 6.45) is 5.62. The van der Waals surface area contributed by atoms with Crippen molar-refractivity contribution in [1.82, 2.24) is 4.57 Å². The number of nitrogens with zero attached hydrogens (tertiary/aromatic N) is 1. The van der Waals surface area contributed by atoms with Crippen LogP contribution in [0.2, 0.25) is 0 Å². The molecular formula is C9H8N2OS. The lowest BCUT2D eigenvalue weighted by Gasteiger charge is -2.01. The molecule has 0 aromatic carbocycles. The van der Waals surface area contributed by atoms with Crippen LogP contribution in [-0.4, -0.2) is 10.5 Å². The van der Waals surface area contributed by atoms with Crippen molar-refractivity contribution >= 4 is 23.9 Å². The Labute approximate surface area is 79.9 Å². The van der Waals surface area contributed by atoms with Gasteiger partial charge in [-0.3, -0.25) is 4.79 Å². The summed E-state index contributed by atoms with van der Waals surface area (Å²) >= 11 is 1.56. The first-order valence-corrected chi connectivity index (χ1v) is 4.68. The van der Waals surface area contributed by atoms with E-state index in [1.165, 1.54) is 0 Å². The van der Waals surface area contributed by atoms with Gasteiger partial charge in [-0.2, -0.15) is 0 Å². The van der Waals surface area contributed by atoms with E-state index in [0.29, 0.717) is 5.69 Å². The third kappa shape index (κ3) is 1.40. The minimum atomic E-state index is -0.404. The molecule has 2 heterocycles. The van der Waals surface area contributed by atoms with Gasteiger partial charge in [-0.05, 0) is 23.6 Å². The molecule has 2 N–H and O–H groups in total. The van der Waals surface area contributed by atoms with Gasteiger partial charge in [-0.1, -0.05) is 17.8 Å². The summed E-state index contributed by atoms with van der Waals surface area (Å²) in [4.78, 5) is 11.0. The molecule has 0 fully saturated rings. The maximum absolute atomic E-state index is 11.0. The van der Waals surface area contributed by atoms with Crippen LogP contribution in [-0.2, 0) is 0 Å². The highest BCUT2D eigenvalue weighted by Gasteiger charge is 2.10. The Morgan fingerprint density at radius 3 is 3.00 bits per heavy atom. The van der Waals surface area contributed by atoms with Gasteiger partial charge in [0.1, 0.15) is 5.69 Å². The molecular weight excluding hydrogens is 184 g/mol. The first-order chi connectivity index (χ1) is 6.29. The summed E-state index contributed by atoms with van der Waals surface area (Å²) in [6, 6.07) is 3.61. The van der Waals surface area contributed by atoms with Gasteiger partial charge in [-0.25, -0.2) is 0 Å². The fraction of sp³-hybridized carbons (Fsp3) is 0. The molecule has 4 heteroatoms. The standard InChI is InChI=1S/C9H8N2OS/c10-9(12)7-3-4-8-11(7)5-1-2-6-13-8/h1-6H,(H2,10,12). The Balaban J connectivity index is 2.54. The van der Waals surface area contributed by atoms with Crippen LogP contribution in [0.4, 0.5) is 0 Å². The summed E-state index contributed by atoms with van der Waals surface area (Å²) in [5, 5.41) is 2.96. The topological polar surface area (TPSA) is 48.0 Å². The number of carbonyl (C=O) groups is 1. The minimum Gasteiger partial charge on any atom is -0.364 e. The zero-order chi connectivity index (χ0) is 9.26. The van der Waals surface area contributed by atoms with Crippen LogP contribution in [0.5, 0.6) is 0 Å². The van der Waals surface area contributed by atoms with Gasteiger partial charge < -0.3 is 10.3 Å². The van der Waals surface area contributed by atoms with Crippen molar-refractivity contribution in [1.29, 1.82) is 0 Å². The smallest absolute Gasteiger partial charge is 0.265 e. The van der Waals surface area contributed by atoms with E-state index in [-0.39, 0.29) is 0 Å². The summed E-state index contributed by atoms with van der Waals surface area (Å²) in [6.45, 7) is 0. The Morgan fingerprint density at radius 1 is 1.38 bits per heavy atom. The van der Waals surface area contributed by atoms with Crippen LogP contribution in [0.25, 0.3) is 6.20 Å². The number of carbonyl (C=O) groups excluding carboxylic acids is 1. The second kappa shape index (κ2) is 3.14. The first-order valence-electron chi connectivity index (χ1n) is 3.80. The van der Waals surface area contributed by atoms with Crippen molar-refractivity contribution in [3.05, 3.63) is 35.4 Å². The molecule has 0 radical (unpaired) electrons. The van der Waals surface area contributed by atoms with Gasteiger partial charge in [0.05, 0.1) is 5.03 Å². The number of amides is 1. The van der Waals surface area contributed by atoms with Gasteiger partial charge in [0.2, 0.25) is 0 Å². The molecule has 1 amide bonds. The zero-order valence-corrected chi connectivity index (χ0v) is 7.62. The number of hydrogen-bond acceptors (Lipinski definition) is 2. The average molecular weight is 192 g/mol. The third-order valence-corrected chi connectivity index (χ3v) is 2.61. The molecule has 0 saturated heterocycles. The number of fused-ring (bicyclic) bond motifs is 1. The summed E-state index contributed by atoms with van der Waals surface area (Å²) in [5.41, 5.74) is 5.73. The molecule has 0 atom stereocenters. The van der Waals surface area contributed by atoms with Crippen LogP contribution in [0.15, 0.2) is 34.7 Å². The third-order valence-electron chi connectivity index (χ3n) is 1.75. The number of primary amides is 1. The number of thioether (sulfide) groups is 1. The molecule has 0 bridgehead atoms. The normalized spacial score (nSPS) is 13.8. The number of rotatable bonds is 1. The summed E-state index contributed by atoms with van der Waals surface area (Å²) < 4.78 is 1.78. The second-order valence-corrected chi connectivity index (χ2v) is 3.51. The van der Waals surface area contributed by atoms with E-state index in [1.54, 1.807) is 22.4 Å². The van der Waals surface area contributed by atoms with Crippen molar-refractivity contribution in [3.8, 4) is 0 Å². The Kier molecular flexibility index (Phi) is 1.98. The second-order valence-electron chi connectivity index (χ2n) is 2.58. The lowest BCUT2D eigenvalue weighted by molar-refractivity contribution is 0.0994. The number of hydrogen-bond donors (Lipinski definition) is 1. The molecule has 66 valence electrons. The fourth-order valence-corrected chi connectivity index (χ4v) is 1.90. The molecule has 0 aliphatic carbocycles. The lowest BCUT2D eigenvalue weighted by atomic mass is 10.4. The summed E-state index contributed by atoms with van der Waals surface area (Å²) in [7, 11) is 0. The number of allylic oxidation sites excluding steroid dienone is 2. The maximum atomic E-state index is 11.0. The molecule has 13 heavy (non-hydrogen) atoms. The fourth-order valence-electron chi connectivity index (χ4n) is 1.17. The van der Waals surface area contributed by atoms with E-state index in [0.717, 1.165) is 5.03 Å². The van der Waals surface area contributed by atoms with Crippen molar-refractivity contribution in [2.24, 2.45) is 5.73 Å². The Hall–Kier alpha value is -1.42.